The second kappa shape index (κ2) is 5.33. The number of carbonyl (C=O) groups is 1. The summed E-state index contributed by atoms with van der Waals surface area (Å²) >= 11 is 0. The monoisotopic (exact) mass is 237 g/mol. The van der Waals surface area contributed by atoms with Gasteiger partial charge >= 0.3 is 0 Å². The predicted octanol–water partition coefficient (Wildman–Crippen LogP) is 0.148. The Bertz CT molecular complexity index is 389. The highest BCUT2D eigenvalue weighted by Crippen LogP contribution is 2.18. The Morgan fingerprint density at radius 3 is 3.06 bits per heavy atom. The van der Waals surface area contributed by atoms with Crippen LogP contribution < -0.4 is 11.1 Å². The maximum Gasteiger partial charge on any atom is 0.249 e. The average Bonchev–Trinajstić information content (AvgIpc) is 2.94. The van der Waals surface area contributed by atoms with E-state index in [1.165, 1.54) is 0 Å². The van der Waals surface area contributed by atoms with Crippen LogP contribution in [-0.4, -0.2) is 29.2 Å². The number of nitrogens with zero attached hydrogens (tertiary/aromatic N) is 1. The van der Waals surface area contributed by atoms with Gasteiger partial charge in [0.2, 0.25) is 5.91 Å². The van der Waals surface area contributed by atoms with Gasteiger partial charge in [-0.15, -0.1) is 0 Å². The van der Waals surface area contributed by atoms with E-state index in [1.54, 1.807) is 0 Å². The number of ether oxygens (including phenoxy) is 1. The van der Waals surface area contributed by atoms with Gasteiger partial charge in [0.15, 0.2) is 0 Å². The molecule has 3 N–H and O–H groups in total. The lowest BCUT2D eigenvalue weighted by molar-refractivity contribution is -0.132. The van der Waals surface area contributed by atoms with Crippen molar-refractivity contribution in [3.05, 3.63) is 24.0 Å². The Labute approximate surface area is 101 Å². The lowest BCUT2D eigenvalue weighted by Gasteiger charge is -2.12. The Morgan fingerprint density at radius 1 is 1.65 bits per heavy atom. The van der Waals surface area contributed by atoms with Crippen LogP contribution in [-0.2, 0) is 23.1 Å². The van der Waals surface area contributed by atoms with Crippen molar-refractivity contribution in [2.45, 2.75) is 31.6 Å². The van der Waals surface area contributed by atoms with Crippen LogP contribution in [0.2, 0.25) is 0 Å². The van der Waals surface area contributed by atoms with E-state index in [0.717, 1.165) is 18.4 Å². The van der Waals surface area contributed by atoms with E-state index in [2.05, 4.69) is 5.32 Å². The van der Waals surface area contributed by atoms with Crippen molar-refractivity contribution in [2.24, 2.45) is 12.8 Å². The molecule has 1 aliphatic heterocycles. The summed E-state index contributed by atoms with van der Waals surface area (Å²) in [5.74, 6) is -0.0372. The molecule has 2 atom stereocenters. The van der Waals surface area contributed by atoms with Gasteiger partial charge in [-0.25, -0.2) is 0 Å². The first-order valence-corrected chi connectivity index (χ1v) is 5.93. The largest absolute Gasteiger partial charge is 0.364 e. The van der Waals surface area contributed by atoms with Crippen molar-refractivity contribution in [1.29, 1.82) is 0 Å². The lowest BCUT2D eigenvalue weighted by Crippen LogP contribution is -2.35. The van der Waals surface area contributed by atoms with E-state index in [0.29, 0.717) is 13.1 Å². The van der Waals surface area contributed by atoms with E-state index in [9.17, 15) is 4.79 Å². The highest BCUT2D eigenvalue weighted by molar-refractivity contribution is 5.81. The number of hydrogen-bond donors (Lipinski definition) is 2. The van der Waals surface area contributed by atoms with Gasteiger partial charge in [0, 0.05) is 32.5 Å². The van der Waals surface area contributed by atoms with Crippen LogP contribution in [0.15, 0.2) is 18.5 Å². The Kier molecular flexibility index (Phi) is 3.81. The highest BCUT2D eigenvalue weighted by atomic mass is 16.5. The standard InChI is InChI=1S/C12H19N3O2/c1-15-5-4-9(8-15)7-14-12(16)11-3-2-10(6-13)17-11/h4-5,8,10-11H,2-3,6-7,13H2,1H3,(H,14,16). The van der Waals surface area contributed by atoms with Crippen molar-refractivity contribution in [1.82, 2.24) is 9.88 Å². The number of nitrogens with one attached hydrogen (secondary N) is 1. The fraction of sp³-hybridized carbons (Fsp3) is 0.583. The second-order valence-corrected chi connectivity index (χ2v) is 4.46. The Morgan fingerprint density at radius 2 is 2.47 bits per heavy atom. The minimum Gasteiger partial charge on any atom is -0.364 e. The summed E-state index contributed by atoms with van der Waals surface area (Å²) in [6, 6.07) is 1.98. The zero-order valence-electron chi connectivity index (χ0n) is 10.1. The lowest BCUT2D eigenvalue weighted by atomic mass is 10.2. The van der Waals surface area contributed by atoms with Gasteiger partial charge in [-0.2, -0.15) is 0 Å². The molecule has 1 aromatic rings. The van der Waals surface area contributed by atoms with Crippen LogP contribution in [0.25, 0.3) is 0 Å². The fourth-order valence-electron chi connectivity index (χ4n) is 2.04. The predicted molar refractivity (Wildman–Crippen MR) is 64.2 cm³/mol. The first kappa shape index (κ1) is 12.1. The smallest absolute Gasteiger partial charge is 0.249 e. The molecule has 94 valence electrons. The van der Waals surface area contributed by atoms with Gasteiger partial charge in [0.05, 0.1) is 6.10 Å². The number of nitrogens with two attached hydrogens (primary N) is 1. The number of hydrogen-bond acceptors (Lipinski definition) is 3. The minimum absolute atomic E-state index is 0.0372. The molecule has 1 saturated heterocycles. The molecule has 2 rings (SSSR count). The number of rotatable bonds is 4. The van der Waals surface area contributed by atoms with Gasteiger partial charge in [0.1, 0.15) is 6.10 Å². The molecule has 0 saturated carbocycles. The third kappa shape index (κ3) is 3.08. The van der Waals surface area contributed by atoms with Crippen LogP contribution >= 0.6 is 0 Å². The summed E-state index contributed by atoms with van der Waals surface area (Å²) in [4.78, 5) is 11.8. The van der Waals surface area contributed by atoms with E-state index < -0.39 is 0 Å². The second-order valence-electron chi connectivity index (χ2n) is 4.46. The van der Waals surface area contributed by atoms with Crippen molar-refractivity contribution in [3.8, 4) is 0 Å². The van der Waals surface area contributed by atoms with Crippen LogP contribution in [0.3, 0.4) is 0 Å². The molecule has 5 nitrogen and oxygen atoms in total. The molecule has 0 radical (unpaired) electrons. The number of aromatic nitrogens is 1. The highest BCUT2D eigenvalue weighted by Gasteiger charge is 2.29. The van der Waals surface area contributed by atoms with E-state index in [1.807, 2.05) is 30.1 Å². The maximum absolute atomic E-state index is 11.8. The number of carbonyl (C=O) groups excluding carboxylic acids is 1. The van der Waals surface area contributed by atoms with Crippen LogP contribution in [0.4, 0.5) is 0 Å². The molecule has 1 aliphatic rings. The Balaban J connectivity index is 1.78. The number of amides is 1. The summed E-state index contributed by atoms with van der Waals surface area (Å²) in [6.45, 7) is 1.04. The SMILES string of the molecule is Cn1ccc(CNC(=O)C2CCC(CN)O2)c1. The zero-order chi connectivity index (χ0) is 12.3. The van der Waals surface area contributed by atoms with Crippen molar-refractivity contribution in [2.75, 3.05) is 6.54 Å². The summed E-state index contributed by atoms with van der Waals surface area (Å²) in [6.07, 6.45) is 5.30. The summed E-state index contributed by atoms with van der Waals surface area (Å²) in [5, 5.41) is 2.88. The van der Waals surface area contributed by atoms with Gasteiger partial charge in [-0.1, -0.05) is 0 Å². The van der Waals surface area contributed by atoms with Crippen LogP contribution in [0.5, 0.6) is 0 Å². The average molecular weight is 237 g/mol. The summed E-state index contributed by atoms with van der Waals surface area (Å²) < 4.78 is 7.48. The summed E-state index contributed by atoms with van der Waals surface area (Å²) in [5.41, 5.74) is 6.60. The van der Waals surface area contributed by atoms with Gasteiger partial charge in [-0.3, -0.25) is 4.79 Å². The molecular weight excluding hydrogens is 218 g/mol. The summed E-state index contributed by atoms with van der Waals surface area (Å²) in [7, 11) is 1.96. The van der Waals surface area contributed by atoms with E-state index >= 15 is 0 Å². The quantitative estimate of drug-likeness (QED) is 0.783. The van der Waals surface area contributed by atoms with Crippen LogP contribution in [0.1, 0.15) is 18.4 Å². The molecule has 17 heavy (non-hydrogen) atoms. The third-order valence-electron chi connectivity index (χ3n) is 3.02. The molecule has 5 heteroatoms. The first-order valence-electron chi connectivity index (χ1n) is 5.93. The molecule has 2 unspecified atom stereocenters. The molecule has 0 bridgehead atoms. The van der Waals surface area contributed by atoms with Crippen LogP contribution in [0, 0.1) is 0 Å². The topological polar surface area (TPSA) is 69.3 Å². The molecule has 1 amide bonds. The van der Waals surface area contributed by atoms with E-state index in [4.69, 9.17) is 10.5 Å². The van der Waals surface area contributed by atoms with Crippen molar-refractivity contribution >= 4 is 5.91 Å². The molecular formula is C12H19N3O2. The molecule has 0 aliphatic carbocycles. The molecule has 2 heterocycles. The van der Waals surface area contributed by atoms with Crippen molar-refractivity contribution in [3.63, 3.8) is 0 Å². The maximum atomic E-state index is 11.8. The first-order chi connectivity index (χ1) is 8.19. The van der Waals surface area contributed by atoms with Crippen molar-refractivity contribution < 1.29 is 9.53 Å². The molecule has 0 spiro atoms. The Hall–Kier alpha value is -1.33. The molecule has 1 aromatic heterocycles. The fourth-order valence-corrected chi connectivity index (χ4v) is 2.04. The van der Waals surface area contributed by atoms with Gasteiger partial charge in [0.25, 0.3) is 0 Å². The van der Waals surface area contributed by atoms with E-state index in [-0.39, 0.29) is 18.1 Å². The molecule has 1 fully saturated rings. The third-order valence-corrected chi connectivity index (χ3v) is 3.02. The number of aryl methyl sites for hydroxylation is 1. The van der Waals surface area contributed by atoms with Gasteiger partial charge in [-0.05, 0) is 24.5 Å². The minimum atomic E-state index is -0.327. The normalized spacial score (nSPS) is 23.9. The zero-order valence-corrected chi connectivity index (χ0v) is 10.1. The molecule has 0 aromatic carbocycles. The van der Waals surface area contributed by atoms with Gasteiger partial charge < -0.3 is 20.4 Å².